The van der Waals surface area contributed by atoms with Gasteiger partial charge in [0.15, 0.2) is 0 Å². The van der Waals surface area contributed by atoms with E-state index < -0.39 is 0 Å². The van der Waals surface area contributed by atoms with E-state index in [4.69, 9.17) is 11.6 Å². The first-order valence-corrected chi connectivity index (χ1v) is 9.98. The number of carbonyl (C=O) groups excluding carboxylic acids is 2. The fourth-order valence-corrected chi connectivity index (χ4v) is 4.28. The minimum atomic E-state index is -0.280. The van der Waals surface area contributed by atoms with Crippen molar-refractivity contribution in [3.05, 3.63) is 39.3 Å². The van der Waals surface area contributed by atoms with E-state index in [1.807, 2.05) is 4.90 Å². The molecule has 1 saturated heterocycles. The number of nitrogens with zero attached hydrogens (tertiary/aromatic N) is 3. The molecule has 6 nitrogen and oxygen atoms in total. The fraction of sp³-hybridized carbons (Fsp3) is 0.444. The van der Waals surface area contributed by atoms with E-state index in [2.05, 4.69) is 15.5 Å². The topological polar surface area (TPSA) is 75.2 Å². The second-order valence-electron chi connectivity index (χ2n) is 6.78. The molecule has 8 heteroatoms. The standard InChI is InChI=1S/C18H19ClN4O2S/c19-13-2-1-3-14(10-13)20-15(24)17-22-21-16(26-17)11-6-8-23(9-7-11)18(25)12-4-5-12/h1-3,10-12H,4-9H2,(H,20,24). The molecule has 26 heavy (non-hydrogen) atoms. The molecule has 1 aromatic carbocycles. The summed E-state index contributed by atoms with van der Waals surface area (Å²) in [6.07, 6.45) is 3.84. The maximum atomic E-state index is 12.3. The van der Waals surface area contributed by atoms with Crippen LogP contribution in [0.3, 0.4) is 0 Å². The molecule has 1 saturated carbocycles. The van der Waals surface area contributed by atoms with Crippen LogP contribution in [-0.4, -0.2) is 40.0 Å². The molecule has 4 rings (SSSR count). The Morgan fingerprint density at radius 2 is 1.92 bits per heavy atom. The number of piperidine rings is 1. The molecule has 2 aromatic rings. The van der Waals surface area contributed by atoms with Gasteiger partial charge in [-0.15, -0.1) is 10.2 Å². The molecule has 0 bridgehead atoms. The van der Waals surface area contributed by atoms with Crippen molar-refractivity contribution in [1.29, 1.82) is 0 Å². The Kier molecular flexibility index (Phi) is 4.91. The van der Waals surface area contributed by atoms with Crippen molar-refractivity contribution in [3.63, 3.8) is 0 Å². The number of aromatic nitrogens is 2. The van der Waals surface area contributed by atoms with Crippen LogP contribution >= 0.6 is 22.9 Å². The first-order chi connectivity index (χ1) is 12.6. The van der Waals surface area contributed by atoms with Crippen LogP contribution in [0.1, 0.15) is 46.4 Å². The number of rotatable bonds is 4. The van der Waals surface area contributed by atoms with Crippen LogP contribution in [0.2, 0.25) is 5.02 Å². The van der Waals surface area contributed by atoms with E-state index in [0.29, 0.717) is 21.6 Å². The molecule has 0 atom stereocenters. The number of halogens is 1. The second-order valence-corrected chi connectivity index (χ2v) is 8.23. The lowest BCUT2D eigenvalue weighted by Gasteiger charge is -2.31. The number of hydrogen-bond donors (Lipinski definition) is 1. The summed E-state index contributed by atoms with van der Waals surface area (Å²) in [5.41, 5.74) is 0.631. The smallest absolute Gasteiger partial charge is 0.286 e. The SMILES string of the molecule is O=C(Nc1cccc(Cl)c1)c1nnc(C2CCN(C(=O)C3CC3)CC2)s1. The van der Waals surface area contributed by atoms with E-state index in [1.54, 1.807) is 24.3 Å². The van der Waals surface area contributed by atoms with Crippen molar-refractivity contribution in [3.8, 4) is 0 Å². The number of carbonyl (C=O) groups is 2. The second kappa shape index (κ2) is 7.32. The number of benzene rings is 1. The van der Waals surface area contributed by atoms with Crippen molar-refractivity contribution < 1.29 is 9.59 Å². The Morgan fingerprint density at radius 3 is 2.62 bits per heavy atom. The van der Waals surface area contributed by atoms with Gasteiger partial charge in [-0.2, -0.15) is 0 Å². The van der Waals surface area contributed by atoms with E-state index in [1.165, 1.54) is 11.3 Å². The lowest BCUT2D eigenvalue weighted by molar-refractivity contribution is -0.133. The summed E-state index contributed by atoms with van der Waals surface area (Å²) in [5.74, 6) is 0.568. The van der Waals surface area contributed by atoms with E-state index in [-0.39, 0.29) is 17.7 Å². The summed E-state index contributed by atoms with van der Waals surface area (Å²) in [4.78, 5) is 26.5. The number of anilines is 1. The minimum absolute atomic E-state index is 0.267. The first kappa shape index (κ1) is 17.4. The van der Waals surface area contributed by atoms with Crippen LogP contribution in [0.15, 0.2) is 24.3 Å². The molecular formula is C18H19ClN4O2S. The van der Waals surface area contributed by atoms with Crippen LogP contribution < -0.4 is 5.32 Å². The summed E-state index contributed by atoms with van der Waals surface area (Å²) < 4.78 is 0. The van der Waals surface area contributed by atoms with Crippen molar-refractivity contribution in [2.24, 2.45) is 5.92 Å². The molecule has 2 aliphatic rings. The number of nitrogens with one attached hydrogen (secondary N) is 1. The summed E-state index contributed by atoms with van der Waals surface area (Å²) in [6.45, 7) is 1.53. The fourth-order valence-electron chi connectivity index (χ4n) is 3.18. The zero-order valence-corrected chi connectivity index (χ0v) is 15.7. The van der Waals surface area contributed by atoms with E-state index in [0.717, 1.165) is 43.8 Å². The van der Waals surface area contributed by atoms with Gasteiger partial charge < -0.3 is 10.2 Å². The predicted molar refractivity (Wildman–Crippen MR) is 101 cm³/mol. The van der Waals surface area contributed by atoms with Crippen molar-refractivity contribution >= 4 is 40.4 Å². The average molecular weight is 391 g/mol. The summed E-state index contributed by atoms with van der Waals surface area (Å²) >= 11 is 7.26. The Morgan fingerprint density at radius 1 is 1.15 bits per heavy atom. The quantitative estimate of drug-likeness (QED) is 0.866. The van der Waals surface area contributed by atoms with Crippen LogP contribution in [-0.2, 0) is 4.79 Å². The third kappa shape index (κ3) is 3.88. The molecule has 0 radical (unpaired) electrons. The molecule has 1 N–H and O–H groups in total. The van der Waals surface area contributed by atoms with Gasteiger partial charge in [-0.3, -0.25) is 9.59 Å². The van der Waals surface area contributed by atoms with Gasteiger partial charge in [0.2, 0.25) is 10.9 Å². The first-order valence-electron chi connectivity index (χ1n) is 8.79. The number of hydrogen-bond acceptors (Lipinski definition) is 5. The van der Waals surface area contributed by atoms with Gasteiger partial charge in [0.25, 0.3) is 5.91 Å². The minimum Gasteiger partial charge on any atom is -0.342 e. The van der Waals surface area contributed by atoms with Gasteiger partial charge in [0.05, 0.1) is 0 Å². The number of amides is 2. The molecule has 2 heterocycles. The van der Waals surface area contributed by atoms with Crippen molar-refractivity contribution in [1.82, 2.24) is 15.1 Å². The van der Waals surface area contributed by atoms with Crippen LogP contribution in [0, 0.1) is 5.92 Å². The highest BCUT2D eigenvalue weighted by Gasteiger charge is 2.35. The summed E-state index contributed by atoms with van der Waals surface area (Å²) in [6, 6.07) is 6.99. The third-order valence-electron chi connectivity index (χ3n) is 4.80. The largest absolute Gasteiger partial charge is 0.342 e. The molecular weight excluding hydrogens is 372 g/mol. The zero-order chi connectivity index (χ0) is 18.1. The maximum absolute atomic E-state index is 12.3. The molecule has 2 fully saturated rings. The molecule has 0 spiro atoms. The third-order valence-corrected chi connectivity index (χ3v) is 6.12. The Balaban J connectivity index is 1.35. The van der Waals surface area contributed by atoms with Gasteiger partial charge >= 0.3 is 0 Å². The highest BCUT2D eigenvalue weighted by atomic mass is 35.5. The van der Waals surface area contributed by atoms with Gasteiger partial charge in [-0.05, 0) is 43.9 Å². The Labute approximate surface area is 160 Å². The summed E-state index contributed by atoms with van der Waals surface area (Å²) in [5, 5.41) is 12.8. The molecule has 1 aliphatic carbocycles. The van der Waals surface area contributed by atoms with Crippen molar-refractivity contribution in [2.45, 2.75) is 31.6 Å². The van der Waals surface area contributed by atoms with E-state index >= 15 is 0 Å². The molecule has 0 unspecified atom stereocenters. The highest BCUT2D eigenvalue weighted by molar-refractivity contribution is 7.13. The Bertz CT molecular complexity index is 828. The lowest BCUT2D eigenvalue weighted by atomic mass is 9.97. The van der Waals surface area contributed by atoms with E-state index in [9.17, 15) is 9.59 Å². The lowest BCUT2D eigenvalue weighted by Crippen LogP contribution is -2.38. The summed E-state index contributed by atoms with van der Waals surface area (Å²) in [7, 11) is 0. The number of likely N-dealkylation sites (tertiary alicyclic amines) is 1. The van der Waals surface area contributed by atoms with Crippen molar-refractivity contribution in [2.75, 3.05) is 18.4 Å². The maximum Gasteiger partial charge on any atom is 0.286 e. The Hall–Kier alpha value is -1.99. The van der Waals surface area contributed by atoms with Crippen LogP contribution in [0.25, 0.3) is 0 Å². The average Bonchev–Trinajstić information content (AvgIpc) is 3.37. The van der Waals surface area contributed by atoms with Crippen LogP contribution in [0.5, 0.6) is 0 Å². The molecule has 1 aromatic heterocycles. The van der Waals surface area contributed by atoms with Gasteiger partial charge in [0, 0.05) is 35.6 Å². The molecule has 2 amide bonds. The molecule has 1 aliphatic heterocycles. The molecule has 136 valence electrons. The predicted octanol–water partition coefficient (Wildman–Crippen LogP) is 3.56. The highest BCUT2D eigenvalue weighted by Crippen LogP contribution is 2.35. The van der Waals surface area contributed by atoms with Gasteiger partial charge in [0.1, 0.15) is 5.01 Å². The zero-order valence-electron chi connectivity index (χ0n) is 14.2. The van der Waals surface area contributed by atoms with Gasteiger partial charge in [-0.1, -0.05) is 29.0 Å². The van der Waals surface area contributed by atoms with Crippen LogP contribution in [0.4, 0.5) is 5.69 Å². The van der Waals surface area contributed by atoms with Gasteiger partial charge in [-0.25, -0.2) is 0 Å². The normalized spacial score (nSPS) is 18.0. The monoisotopic (exact) mass is 390 g/mol.